The van der Waals surface area contributed by atoms with Crippen LogP contribution in [0.5, 0.6) is 0 Å². The molecule has 2 aromatic heterocycles. The van der Waals surface area contributed by atoms with Crippen LogP contribution in [-0.2, 0) is 6.54 Å². The maximum Gasteiger partial charge on any atom is 0.162 e. The van der Waals surface area contributed by atoms with Crippen LogP contribution in [0.2, 0.25) is 0 Å². The first-order valence-electron chi connectivity index (χ1n) is 4.16. The van der Waals surface area contributed by atoms with E-state index in [1.54, 1.807) is 23.6 Å². The number of thiophene rings is 1. The van der Waals surface area contributed by atoms with Crippen LogP contribution in [0.25, 0.3) is 11.4 Å². The maximum absolute atomic E-state index is 5.56. The fourth-order valence-electron chi connectivity index (χ4n) is 1.12. The third-order valence-electron chi connectivity index (χ3n) is 1.79. The van der Waals surface area contributed by atoms with Gasteiger partial charge in [-0.05, 0) is 12.1 Å². The van der Waals surface area contributed by atoms with Crippen molar-refractivity contribution in [3.05, 3.63) is 28.6 Å². The maximum atomic E-state index is 5.56. The van der Waals surface area contributed by atoms with Gasteiger partial charge in [-0.25, -0.2) is 9.97 Å². The van der Waals surface area contributed by atoms with E-state index in [2.05, 4.69) is 9.97 Å². The van der Waals surface area contributed by atoms with Gasteiger partial charge in [-0.15, -0.1) is 11.3 Å². The Hall–Kier alpha value is -1.46. The first-order chi connectivity index (χ1) is 6.79. The van der Waals surface area contributed by atoms with Crippen LogP contribution in [0.15, 0.2) is 23.7 Å². The zero-order valence-electron chi connectivity index (χ0n) is 7.47. The first kappa shape index (κ1) is 9.11. The van der Waals surface area contributed by atoms with E-state index in [1.165, 1.54) is 0 Å². The molecule has 0 atom stereocenters. The van der Waals surface area contributed by atoms with Crippen molar-refractivity contribution in [2.24, 2.45) is 5.73 Å². The number of aromatic nitrogens is 2. The minimum absolute atomic E-state index is 0.482. The first-order valence-corrected chi connectivity index (χ1v) is 5.04. The van der Waals surface area contributed by atoms with Crippen molar-refractivity contribution < 1.29 is 0 Å². The number of nitrogens with zero attached hydrogens (tertiary/aromatic N) is 2. The summed E-state index contributed by atoms with van der Waals surface area (Å²) in [6.45, 7) is 0.549. The van der Waals surface area contributed by atoms with Crippen LogP contribution in [-0.4, -0.2) is 9.97 Å². The Labute approximate surface area is 85.6 Å². The summed E-state index contributed by atoms with van der Waals surface area (Å²) in [4.78, 5) is 9.37. The van der Waals surface area contributed by atoms with Gasteiger partial charge in [-0.3, -0.25) is 0 Å². The van der Waals surface area contributed by atoms with Crippen LogP contribution in [0.4, 0.5) is 5.82 Å². The van der Waals surface area contributed by atoms with Gasteiger partial charge in [-0.1, -0.05) is 0 Å². The summed E-state index contributed by atoms with van der Waals surface area (Å²) in [7, 11) is 0. The number of anilines is 1. The Balaban J connectivity index is 2.39. The van der Waals surface area contributed by atoms with Gasteiger partial charge in [0, 0.05) is 28.6 Å². The average molecular weight is 206 g/mol. The molecule has 0 amide bonds. The van der Waals surface area contributed by atoms with E-state index in [4.69, 9.17) is 11.5 Å². The Morgan fingerprint density at radius 3 is 2.93 bits per heavy atom. The molecule has 2 aromatic rings. The van der Waals surface area contributed by atoms with E-state index >= 15 is 0 Å². The molecular formula is C9H10N4S. The number of rotatable bonds is 2. The van der Waals surface area contributed by atoms with Crippen molar-refractivity contribution in [2.75, 3.05) is 5.73 Å². The van der Waals surface area contributed by atoms with Crippen molar-refractivity contribution in [3.63, 3.8) is 0 Å². The highest BCUT2D eigenvalue weighted by Crippen LogP contribution is 2.22. The Morgan fingerprint density at radius 2 is 2.29 bits per heavy atom. The second kappa shape index (κ2) is 3.73. The van der Waals surface area contributed by atoms with Crippen LogP contribution in [0.1, 0.15) is 4.88 Å². The molecular weight excluding hydrogens is 196 g/mol. The summed E-state index contributed by atoms with van der Waals surface area (Å²) in [5.41, 5.74) is 12.1. The van der Waals surface area contributed by atoms with E-state index in [-0.39, 0.29) is 0 Å². The molecule has 0 radical (unpaired) electrons. The second-order valence-corrected chi connectivity index (χ2v) is 3.81. The second-order valence-electron chi connectivity index (χ2n) is 2.81. The van der Waals surface area contributed by atoms with Gasteiger partial charge in [-0.2, -0.15) is 0 Å². The van der Waals surface area contributed by atoms with Crippen molar-refractivity contribution in [1.29, 1.82) is 0 Å². The lowest BCUT2D eigenvalue weighted by Crippen LogP contribution is -1.94. The standard InChI is InChI=1S/C9H10N4S/c10-4-7-3-6(5-14-7)9-12-2-1-8(11)13-9/h1-3,5H,4,10H2,(H2,11,12,13). The number of hydrogen-bond acceptors (Lipinski definition) is 5. The number of hydrogen-bond donors (Lipinski definition) is 2. The highest BCUT2D eigenvalue weighted by molar-refractivity contribution is 7.10. The molecule has 4 nitrogen and oxygen atoms in total. The molecule has 0 aliphatic rings. The fourth-order valence-corrected chi connectivity index (χ4v) is 1.86. The zero-order valence-corrected chi connectivity index (χ0v) is 8.29. The summed E-state index contributed by atoms with van der Waals surface area (Å²) < 4.78 is 0. The van der Waals surface area contributed by atoms with Crippen LogP contribution in [0, 0.1) is 0 Å². The molecule has 0 aliphatic carbocycles. The number of nitrogen functional groups attached to an aromatic ring is 1. The molecule has 0 spiro atoms. The van der Waals surface area contributed by atoms with Crippen molar-refractivity contribution >= 4 is 17.2 Å². The van der Waals surface area contributed by atoms with Crippen molar-refractivity contribution in [3.8, 4) is 11.4 Å². The average Bonchev–Trinajstić information content (AvgIpc) is 2.66. The predicted octanol–water partition coefficient (Wildman–Crippen LogP) is 1.25. The van der Waals surface area contributed by atoms with Gasteiger partial charge in [0.1, 0.15) is 5.82 Å². The van der Waals surface area contributed by atoms with Crippen LogP contribution < -0.4 is 11.5 Å². The molecule has 0 saturated heterocycles. The Bertz CT molecular complexity index is 438. The highest BCUT2D eigenvalue weighted by Gasteiger charge is 2.04. The van der Waals surface area contributed by atoms with E-state index in [9.17, 15) is 0 Å². The topological polar surface area (TPSA) is 77.8 Å². The van der Waals surface area contributed by atoms with Gasteiger partial charge in [0.15, 0.2) is 5.82 Å². The molecule has 0 unspecified atom stereocenters. The number of nitrogens with two attached hydrogens (primary N) is 2. The molecule has 2 heterocycles. The molecule has 14 heavy (non-hydrogen) atoms. The third-order valence-corrected chi connectivity index (χ3v) is 2.75. The van der Waals surface area contributed by atoms with E-state index < -0.39 is 0 Å². The van der Waals surface area contributed by atoms with Crippen LogP contribution in [0.3, 0.4) is 0 Å². The van der Waals surface area contributed by atoms with E-state index in [0.29, 0.717) is 18.2 Å². The predicted molar refractivity (Wildman–Crippen MR) is 57.6 cm³/mol. The quantitative estimate of drug-likeness (QED) is 0.775. The van der Waals surface area contributed by atoms with Gasteiger partial charge in [0.25, 0.3) is 0 Å². The third kappa shape index (κ3) is 1.73. The normalized spacial score (nSPS) is 10.4. The molecule has 0 bridgehead atoms. The molecule has 4 N–H and O–H groups in total. The lowest BCUT2D eigenvalue weighted by atomic mass is 10.3. The highest BCUT2D eigenvalue weighted by atomic mass is 32.1. The van der Waals surface area contributed by atoms with Crippen molar-refractivity contribution in [1.82, 2.24) is 9.97 Å². The lowest BCUT2D eigenvalue weighted by molar-refractivity contribution is 1.11. The molecule has 5 heteroatoms. The molecule has 72 valence electrons. The fraction of sp³-hybridized carbons (Fsp3) is 0.111. The zero-order chi connectivity index (χ0) is 9.97. The summed E-state index contributed by atoms with van der Waals surface area (Å²) in [6, 6.07) is 3.65. The largest absolute Gasteiger partial charge is 0.384 e. The summed E-state index contributed by atoms with van der Waals surface area (Å²) in [5.74, 6) is 1.14. The van der Waals surface area contributed by atoms with Gasteiger partial charge < -0.3 is 11.5 Å². The minimum atomic E-state index is 0.482. The van der Waals surface area contributed by atoms with Crippen molar-refractivity contribution in [2.45, 2.75) is 6.54 Å². The summed E-state index contributed by atoms with van der Waals surface area (Å²) in [6.07, 6.45) is 1.65. The smallest absolute Gasteiger partial charge is 0.162 e. The minimum Gasteiger partial charge on any atom is -0.384 e. The molecule has 0 aromatic carbocycles. The molecule has 0 saturated carbocycles. The van der Waals surface area contributed by atoms with Crippen LogP contribution >= 0.6 is 11.3 Å². The molecule has 2 rings (SSSR count). The summed E-state index contributed by atoms with van der Waals surface area (Å²) >= 11 is 1.60. The van der Waals surface area contributed by atoms with E-state index in [1.807, 2.05) is 11.4 Å². The van der Waals surface area contributed by atoms with Gasteiger partial charge in [0.2, 0.25) is 0 Å². The monoisotopic (exact) mass is 206 g/mol. The molecule has 0 aliphatic heterocycles. The Morgan fingerprint density at radius 1 is 1.43 bits per heavy atom. The van der Waals surface area contributed by atoms with E-state index in [0.717, 1.165) is 10.4 Å². The Kier molecular flexibility index (Phi) is 2.43. The summed E-state index contributed by atoms with van der Waals surface area (Å²) in [5, 5.41) is 1.98. The lowest BCUT2D eigenvalue weighted by Gasteiger charge is -1.96. The SMILES string of the molecule is NCc1cc(-c2nccc(N)n2)cs1. The molecule has 0 fully saturated rings. The van der Waals surface area contributed by atoms with Gasteiger partial charge in [0.05, 0.1) is 0 Å². The van der Waals surface area contributed by atoms with Gasteiger partial charge >= 0.3 is 0 Å².